The average molecular weight is 302 g/mol. The molecule has 1 aliphatic heterocycles. The van der Waals surface area contributed by atoms with Crippen molar-refractivity contribution in [2.45, 2.75) is 64.4 Å². The van der Waals surface area contributed by atoms with Crippen molar-refractivity contribution in [3.8, 4) is 0 Å². The fourth-order valence-electron chi connectivity index (χ4n) is 2.28. The van der Waals surface area contributed by atoms with Gasteiger partial charge in [0.2, 0.25) is 0 Å². The van der Waals surface area contributed by atoms with Gasteiger partial charge in [-0.05, 0) is 32.1 Å². The summed E-state index contributed by atoms with van der Waals surface area (Å²) < 4.78 is 0. The second kappa shape index (κ2) is 7.76. The number of aliphatic carboxylic acids is 1. The Bertz CT molecular complexity index is 349. The SMILES string of the molecule is CCC1SCC(C(=O)O)N1C(=O)NC(C)CCC(C)C. The highest BCUT2D eigenvalue weighted by molar-refractivity contribution is 8.00. The van der Waals surface area contributed by atoms with Crippen LogP contribution in [0.3, 0.4) is 0 Å². The van der Waals surface area contributed by atoms with Gasteiger partial charge in [0.15, 0.2) is 0 Å². The molecule has 1 heterocycles. The van der Waals surface area contributed by atoms with Crippen LogP contribution < -0.4 is 5.32 Å². The standard InChI is InChI=1S/C14H26N2O3S/c1-5-12-16(11(8-20-12)13(17)18)14(19)15-10(4)7-6-9(2)3/h9-12H,5-8H2,1-4H3,(H,15,19)(H,17,18). The molecule has 1 aliphatic rings. The number of urea groups is 1. The Kier molecular flexibility index (Phi) is 6.65. The Morgan fingerprint density at radius 3 is 2.50 bits per heavy atom. The van der Waals surface area contributed by atoms with Crippen LogP contribution in [0.5, 0.6) is 0 Å². The smallest absolute Gasteiger partial charge is 0.327 e. The molecule has 0 aliphatic carbocycles. The molecule has 0 bridgehead atoms. The molecule has 0 radical (unpaired) electrons. The van der Waals surface area contributed by atoms with Crippen LogP contribution in [0.25, 0.3) is 0 Å². The fourth-order valence-corrected chi connectivity index (χ4v) is 3.63. The van der Waals surface area contributed by atoms with Gasteiger partial charge in [-0.2, -0.15) is 0 Å². The normalized spacial score (nSPS) is 23.9. The predicted molar refractivity (Wildman–Crippen MR) is 81.9 cm³/mol. The molecule has 6 heteroatoms. The third-order valence-electron chi connectivity index (χ3n) is 3.51. The van der Waals surface area contributed by atoms with Crippen LogP contribution in [-0.4, -0.2) is 45.2 Å². The van der Waals surface area contributed by atoms with E-state index in [1.165, 1.54) is 4.90 Å². The Morgan fingerprint density at radius 2 is 2.00 bits per heavy atom. The maximum Gasteiger partial charge on any atom is 0.327 e. The lowest BCUT2D eigenvalue weighted by atomic mass is 10.0. The fraction of sp³-hybridized carbons (Fsp3) is 0.857. The molecule has 0 aromatic carbocycles. The van der Waals surface area contributed by atoms with Gasteiger partial charge in [0.25, 0.3) is 0 Å². The molecule has 0 aromatic heterocycles. The third-order valence-corrected chi connectivity index (χ3v) is 4.96. The molecule has 0 aromatic rings. The Morgan fingerprint density at radius 1 is 1.35 bits per heavy atom. The van der Waals surface area contributed by atoms with Crippen molar-refractivity contribution in [1.29, 1.82) is 0 Å². The van der Waals surface area contributed by atoms with E-state index >= 15 is 0 Å². The number of amides is 2. The summed E-state index contributed by atoms with van der Waals surface area (Å²) in [5.74, 6) is 0.159. The first-order valence-corrected chi connectivity index (χ1v) is 8.34. The van der Waals surface area contributed by atoms with Crippen molar-refractivity contribution in [1.82, 2.24) is 10.2 Å². The van der Waals surface area contributed by atoms with E-state index in [2.05, 4.69) is 19.2 Å². The molecular weight excluding hydrogens is 276 g/mol. The minimum absolute atomic E-state index is 0.0339. The molecule has 2 N–H and O–H groups in total. The van der Waals surface area contributed by atoms with E-state index in [1.807, 2.05) is 13.8 Å². The molecule has 3 atom stereocenters. The number of nitrogens with one attached hydrogen (secondary N) is 1. The van der Waals surface area contributed by atoms with Crippen LogP contribution in [0.1, 0.15) is 47.0 Å². The van der Waals surface area contributed by atoms with Gasteiger partial charge in [-0.3, -0.25) is 4.90 Å². The number of nitrogens with zero attached hydrogens (tertiary/aromatic N) is 1. The average Bonchev–Trinajstić information content (AvgIpc) is 2.80. The summed E-state index contributed by atoms with van der Waals surface area (Å²) in [5, 5.41) is 12.1. The summed E-state index contributed by atoms with van der Waals surface area (Å²) in [6.45, 7) is 8.25. The first-order valence-electron chi connectivity index (χ1n) is 7.30. The Hall–Kier alpha value is -0.910. The van der Waals surface area contributed by atoms with Gasteiger partial charge < -0.3 is 10.4 Å². The van der Waals surface area contributed by atoms with Crippen molar-refractivity contribution in [3.63, 3.8) is 0 Å². The number of hydrogen-bond donors (Lipinski definition) is 2. The van der Waals surface area contributed by atoms with E-state index in [0.717, 1.165) is 19.3 Å². The quantitative estimate of drug-likeness (QED) is 0.791. The van der Waals surface area contributed by atoms with Gasteiger partial charge in [0.05, 0.1) is 5.37 Å². The molecule has 5 nitrogen and oxygen atoms in total. The third kappa shape index (κ3) is 4.58. The number of carboxylic acids is 1. The van der Waals surface area contributed by atoms with Crippen LogP contribution in [0.15, 0.2) is 0 Å². The van der Waals surface area contributed by atoms with E-state index in [-0.39, 0.29) is 17.4 Å². The topological polar surface area (TPSA) is 69.6 Å². The molecule has 1 rings (SSSR count). The summed E-state index contributed by atoms with van der Waals surface area (Å²) in [7, 11) is 0. The Labute approximate surface area is 125 Å². The van der Waals surface area contributed by atoms with Gasteiger partial charge >= 0.3 is 12.0 Å². The van der Waals surface area contributed by atoms with Crippen molar-refractivity contribution in [3.05, 3.63) is 0 Å². The first kappa shape index (κ1) is 17.1. The van der Waals surface area contributed by atoms with Crippen LogP contribution >= 0.6 is 11.8 Å². The van der Waals surface area contributed by atoms with Gasteiger partial charge in [0.1, 0.15) is 6.04 Å². The molecule has 3 unspecified atom stereocenters. The number of hydrogen-bond acceptors (Lipinski definition) is 3. The highest BCUT2D eigenvalue weighted by Crippen LogP contribution is 2.31. The summed E-state index contributed by atoms with van der Waals surface area (Å²) in [5.41, 5.74) is 0. The monoisotopic (exact) mass is 302 g/mol. The number of carboxylic acid groups (broad SMARTS) is 1. The van der Waals surface area contributed by atoms with Gasteiger partial charge in [-0.1, -0.05) is 20.8 Å². The molecule has 1 fully saturated rings. The molecule has 1 saturated heterocycles. The van der Waals surface area contributed by atoms with Crippen LogP contribution in [0, 0.1) is 5.92 Å². The predicted octanol–water partition coefficient (Wildman–Crippen LogP) is 2.76. The van der Waals surface area contributed by atoms with Crippen molar-refractivity contribution in [2.75, 3.05) is 5.75 Å². The number of carbonyl (C=O) groups is 2. The second-order valence-corrected chi connectivity index (χ2v) is 6.99. The molecule has 0 spiro atoms. The zero-order valence-corrected chi connectivity index (χ0v) is 13.6. The van der Waals surface area contributed by atoms with Crippen LogP contribution in [0.4, 0.5) is 4.79 Å². The van der Waals surface area contributed by atoms with Crippen molar-refractivity contribution < 1.29 is 14.7 Å². The lowest BCUT2D eigenvalue weighted by Gasteiger charge is -2.28. The maximum absolute atomic E-state index is 12.3. The molecule has 0 saturated carbocycles. The van der Waals surface area contributed by atoms with Crippen LogP contribution in [-0.2, 0) is 4.79 Å². The maximum atomic E-state index is 12.3. The van der Waals surface area contributed by atoms with E-state index < -0.39 is 12.0 Å². The zero-order chi connectivity index (χ0) is 15.3. The van der Waals surface area contributed by atoms with E-state index in [4.69, 9.17) is 0 Å². The van der Waals surface area contributed by atoms with E-state index in [1.54, 1.807) is 11.8 Å². The van der Waals surface area contributed by atoms with Crippen molar-refractivity contribution >= 4 is 23.8 Å². The van der Waals surface area contributed by atoms with E-state index in [0.29, 0.717) is 11.7 Å². The first-order chi connectivity index (χ1) is 9.36. The summed E-state index contributed by atoms with van der Waals surface area (Å²) in [6, 6.07) is -0.879. The van der Waals surface area contributed by atoms with Crippen molar-refractivity contribution in [2.24, 2.45) is 5.92 Å². The molecule has 116 valence electrons. The number of thioether (sulfide) groups is 1. The summed E-state index contributed by atoms with van der Waals surface area (Å²) in [6.07, 6.45) is 2.73. The lowest BCUT2D eigenvalue weighted by Crippen LogP contribution is -2.51. The zero-order valence-electron chi connectivity index (χ0n) is 12.8. The summed E-state index contributed by atoms with van der Waals surface area (Å²) in [4.78, 5) is 25.1. The molecular formula is C14H26N2O3S. The summed E-state index contributed by atoms with van der Waals surface area (Å²) >= 11 is 1.54. The number of rotatable bonds is 6. The lowest BCUT2D eigenvalue weighted by molar-refractivity contribution is -0.141. The van der Waals surface area contributed by atoms with Crippen LogP contribution in [0.2, 0.25) is 0 Å². The highest BCUT2D eigenvalue weighted by Gasteiger charge is 2.41. The van der Waals surface area contributed by atoms with E-state index in [9.17, 15) is 14.7 Å². The highest BCUT2D eigenvalue weighted by atomic mass is 32.2. The van der Waals surface area contributed by atoms with Gasteiger partial charge in [0, 0.05) is 11.8 Å². The molecule has 2 amide bonds. The second-order valence-electron chi connectivity index (χ2n) is 5.78. The molecule has 20 heavy (non-hydrogen) atoms. The minimum Gasteiger partial charge on any atom is -0.480 e. The number of carbonyl (C=O) groups excluding carboxylic acids is 1. The largest absolute Gasteiger partial charge is 0.480 e. The minimum atomic E-state index is -0.918. The Balaban J connectivity index is 2.60. The van der Waals surface area contributed by atoms with Gasteiger partial charge in [-0.15, -0.1) is 11.8 Å². The van der Waals surface area contributed by atoms with Gasteiger partial charge in [-0.25, -0.2) is 9.59 Å².